The van der Waals surface area contributed by atoms with Gasteiger partial charge in [0.15, 0.2) is 0 Å². The van der Waals surface area contributed by atoms with Crippen LogP contribution in [0.5, 0.6) is 0 Å². The minimum absolute atomic E-state index is 0. The van der Waals surface area contributed by atoms with Crippen LogP contribution in [-0.2, 0) is 0 Å². The molecule has 0 aliphatic heterocycles. The van der Waals surface area contributed by atoms with Crippen molar-refractivity contribution in [2.45, 2.75) is 41.0 Å². The first kappa shape index (κ1) is 13.2. The first-order chi connectivity index (χ1) is 4.80. The van der Waals surface area contributed by atoms with Crippen molar-refractivity contribution in [3.05, 3.63) is 16.6 Å². The third-order valence-electron chi connectivity index (χ3n) is 0.945. The Hall–Kier alpha value is -0.370. The van der Waals surface area contributed by atoms with Gasteiger partial charge in [-0.25, -0.2) is 4.98 Å². The molecule has 0 saturated carbocycles. The van der Waals surface area contributed by atoms with E-state index in [0.29, 0.717) is 5.92 Å². The van der Waals surface area contributed by atoms with Gasteiger partial charge in [0.2, 0.25) is 0 Å². The van der Waals surface area contributed by atoms with E-state index in [1.54, 1.807) is 11.3 Å². The molecule has 2 heteroatoms. The van der Waals surface area contributed by atoms with Gasteiger partial charge in [0.05, 0.1) is 5.01 Å². The second kappa shape index (κ2) is 7.73. The highest BCUT2D eigenvalue weighted by Gasteiger charge is 1.97. The van der Waals surface area contributed by atoms with Crippen molar-refractivity contribution in [3.63, 3.8) is 0 Å². The highest BCUT2D eigenvalue weighted by molar-refractivity contribution is 7.09. The van der Waals surface area contributed by atoms with Gasteiger partial charge < -0.3 is 0 Å². The minimum atomic E-state index is 0. The molecule has 0 saturated heterocycles. The van der Waals surface area contributed by atoms with Crippen molar-refractivity contribution in [1.82, 2.24) is 4.98 Å². The summed E-state index contributed by atoms with van der Waals surface area (Å²) in [6.07, 6.45) is 1.85. The van der Waals surface area contributed by atoms with E-state index in [-0.39, 0.29) is 7.43 Å². The number of thiazole rings is 1. The highest BCUT2D eigenvalue weighted by atomic mass is 32.1. The molecule has 1 heterocycles. The van der Waals surface area contributed by atoms with Crippen molar-refractivity contribution in [1.29, 1.82) is 0 Å². The minimum Gasteiger partial charge on any atom is -0.249 e. The Morgan fingerprint density at radius 1 is 1.36 bits per heavy atom. The van der Waals surface area contributed by atoms with E-state index < -0.39 is 0 Å². The van der Waals surface area contributed by atoms with Crippen LogP contribution in [0.3, 0.4) is 0 Å². The zero-order chi connectivity index (χ0) is 7.98. The molecular formula is C9H19NS. The maximum atomic E-state index is 4.13. The van der Waals surface area contributed by atoms with Gasteiger partial charge in [0.25, 0.3) is 0 Å². The Bertz CT molecular complexity index is 145. The molecule has 0 aromatic carbocycles. The fourth-order valence-electron chi connectivity index (χ4n) is 0.520. The summed E-state index contributed by atoms with van der Waals surface area (Å²) in [6.45, 7) is 8.30. The lowest BCUT2D eigenvalue weighted by atomic mass is 10.2. The van der Waals surface area contributed by atoms with Gasteiger partial charge in [-0.3, -0.25) is 0 Å². The van der Waals surface area contributed by atoms with E-state index in [4.69, 9.17) is 0 Å². The molecule has 0 atom stereocenters. The molecule has 11 heavy (non-hydrogen) atoms. The predicted molar refractivity (Wildman–Crippen MR) is 54.3 cm³/mol. The molecule has 0 amide bonds. The van der Waals surface area contributed by atoms with Crippen LogP contribution in [0.25, 0.3) is 0 Å². The molecule has 1 aromatic heterocycles. The van der Waals surface area contributed by atoms with Crippen LogP contribution in [0.4, 0.5) is 0 Å². The van der Waals surface area contributed by atoms with Gasteiger partial charge in [-0.1, -0.05) is 35.1 Å². The van der Waals surface area contributed by atoms with Crippen LogP contribution >= 0.6 is 11.3 Å². The predicted octanol–water partition coefficient (Wildman–Crippen LogP) is 3.93. The average molecular weight is 173 g/mol. The van der Waals surface area contributed by atoms with Crippen LogP contribution in [0.2, 0.25) is 0 Å². The summed E-state index contributed by atoms with van der Waals surface area (Å²) < 4.78 is 0. The normalized spacial score (nSPS) is 8.09. The summed E-state index contributed by atoms with van der Waals surface area (Å²) in [7, 11) is 0. The summed E-state index contributed by atoms with van der Waals surface area (Å²) in [4.78, 5) is 4.13. The Labute approximate surface area is 74.5 Å². The van der Waals surface area contributed by atoms with Crippen molar-refractivity contribution in [3.8, 4) is 0 Å². The lowest BCUT2D eigenvalue weighted by molar-refractivity contribution is 0.852. The van der Waals surface area contributed by atoms with Crippen molar-refractivity contribution >= 4 is 11.3 Å². The molecule has 0 N–H and O–H groups in total. The molecule has 1 rings (SSSR count). The van der Waals surface area contributed by atoms with E-state index >= 15 is 0 Å². The fraction of sp³-hybridized carbons (Fsp3) is 0.667. The molecule has 0 fully saturated rings. The van der Waals surface area contributed by atoms with Gasteiger partial charge in [0, 0.05) is 17.5 Å². The van der Waals surface area contributed by atoms with Gasteiger partial charge >= 0.3 is 0 Å². The number of hydrogen-bond donors (Lipinski definition) is 0. The lowest BCUT2D eigenvalue weighted by Crippen LogP contribution is -1.81. The Balaban J connectivity index is 0. The Morgan fingerprint density at radius 2 is 1.91 bits per heavy atom. The molecule has 0 unspecified atom stereocenters. The Kier molecular flexibility index (Phi) is 9.31. The molecule has 1 aromatic rings. The summed E-state index contributed by atoms with van der Waals surface area (Å²) in [5.41, 5.74) is 0. The van der Waals surface area contributed by atoms with E-state index in [0.717, 1.165) is 0 Å². The molecule has 0 radical (unpaired) electrons. The molecular weight excluding hydrogens is 154 g/mol. The van der Waals surface area contributed by atoms with E-state index in [9.17, 15) is 0 Å². The van der Waals surface area contributed by atoms with Crippen LogP contribution in [-0.4, -0.2) is 4.98 Å². The van der Waals surface area contributed by atoms with Crippen molar-refractivity contribution < 1.29 is 0 Å². The summed E-state index contributed by atoms with van der Waals surface area (Å²) in [6, 6.07) is 0. The fourth-order valence-corrected chi connectivity index (χ4v) is 1.17. The van der Waals surface area contributed by atoms with Gasteiger partial charge in [-0.05, 0) is 0 Å². The average Bonchev–Trinajstić information content (AvgIpc) is 2.42. The maximum Gasteiger partial charge on any atom is 0.0950 e. The SMILES string of the molecule is C.CC.CC(C)c1nccs1. The molecule has 0 bridgehead atoms. The van der Waals surface area contributed by atoms with Crippen molar-refractivity contribution in [2.24, 2.45) is 0 Å². The highest BCUT2D eigenvalue weighted by Crippen LogP contribution is 2.15. The number of hydrogen-bond acceptors (Lipinski definition) is 2. The first-order valence-corrected chi connectivity index (χ1v) is 4.58. The van der Waals surface area contributed by atoms with Crippen LogP contribution < -0.4 is 0 Å². The van der Waals surface area contributed by atoms with Gasteiger partial charge in [0.1, 0.15) is 0 Å². The molecule has 0 aliphatic carbocycles. The summed E-state index contributed by atoms with van der Waals surface area (Å²) >= 11 is 1.72. The third-order valence-corrected chi connectivity index (χ3v) is 2.02. The quantitative estimate of drug-likeness (QED) is 0.627. The van der Waals surface area contributed by atoms with E-state index in [1.807, 2.05) is 25.4 Å². The zero-order valence-corrected chi connectivity index (χ0v) is 7.90. The first-order valence-electron chi connectivity index (χ1n) is 3.70. The standard InChI is InChI=1S/C6H9NS.C2H6.CH4/c1-5(2)6-7-3-4-8-6;1-2;/h3-5H,1-2H3;1-2H3;1H4. The smallest absolute Gasteiger partial charge is 0.0950 e. The topological polar surface area (TPSA) is 12.9 Å². The monoisotopic (exact) mass is 173 g/mol. The Morgan fingerprint density at radius 3 is 2.09 bits per heavy atom. The molecule has 0 aliphatic rings. The van der Waals surface area contributed by atoms with Crippen molar-refractivity contribution in [2.75, 3.05) is 0 Å². The second-order valence-corrected chi connectivity index (χ2v) is 2.95. The zero-order valence-electron chi connectivity index (χ0n) is 7.09. The molecule has 66 valence electrons. The summed E-state index contributed by atoms with van der Waals surface area (Å²) in [5, 5.41) is 3.24. The lowest BCUT2D eigenvalue weighted by Gasteiger charge is -1.93. The van der Waals surface area contributed by atoms with Gasteiger partial charge in [-0.2, -0.15) is 0 Å². The largest absolute Gasteiger partial charge is 0.249 e. The van der Waals surface area contributed by atoms with Crippen LogP contribution in [0.1, 0.15) is 46.0 Å². The van der Waals surface area contributed by atoms with Gasteiger partial charge in [-0.15, -0.1) is 11.3 Å². The van der Waals surface area contributed by atoms with Crippen LogP contribution in [0.15, 0.2) is 11.6 Å². The number of aromatic nitrogens is 1. The third kappa shape index (κ3) is 4.96. The molecule has 0 spiro atoms. The van der Waals surface area contributed by atoms with E-state index in [2.05, 4.69) is 18.8 Å². The maximum absolute atomic E-state index is 4.13. The van der Waals surface area contributed by atoms with Crippen LogP contribution in [0, 0.1) is 0 Å². The molecule has 1 nitrogen and oxygen atoms in total. The number of nitrogens with zero attached hydrogens (tertiary/aromatic N) is 1. The van der Waals surface area contributed by atoms with E-state index in [1.165, 1.54) is 5.01 Å². The number of rotatable bonds is 1. The summed E-state index contributed by atoms with van der Waals surface area (Å²) in [5.74, 6) is 0.593. The second-order valence-electron chi connectivity index (χ2n) is 2.03.